The Labute approximate surface area is 111 Å². The predicted molar refractivity (Wildman–Crippen MR) is 75.6 cm³/mol. The summed E-state index contributed by atoms with van der Waals surface area (Å²) in [5.41, 5.74) is -0.474. The van der Waals surface area contributed by atoms with E-state index in [1.54, 1.807) is 7.11 Å². The highest BCUT2D eigenvalue weighted by Crippen LogP contribution is 2.29. The zero-order valence-electron chi connectivity index (χ0n) is 11.8. The minimum atomic E-state index is -0.474. The van der Waals surface area contributed by atoms with Crippen molar-refractivity contribution in [2.75, 3.05) is 13.7 Å². The number of hydrogen-bond acceptors (Lipinski definition) is 2. The summed E-state index contributed by atoms with van der Waals surface area (Å²) < 4.78 is 5.19. The molecule has 0 atom stereocenters. The molecule has 0 radical (unpaired) electrons. The Morgan fingerprint density at radius 2 is 1.67 bits per heavy atom. The Morgan fingerprint density at radius 3 is 2.28 bits per heavy atom. The van der Waals surface area contributed by atoms with E-state index in [9.17, 15) is 4.79 Å². The van der Waals surface area contributed by atoms with Crippen LogP contribution in [0.4, 0.5) is 0 Å². The van der Waals surface area contributed by atoms with Gasteiger partial charge in [-0.05, 0) is 6.42 Å². The van der Waals surface area contributed by atoms with Gasteiger partial charge in [0.1, 0.15) is 5.78 Å². The molecule has 0 aliphatic heterocycles. The van der Waals surface area contributed by atoms with E-state index in [-0.39, 0.29) is 0 Å². The van der Waals surface area contributed by atoms with Gasteiger partial charge in [0.15, 0.2) is 0 Å². The van der Waals surface area contributed by atoms with Crippen LogP contribution < -0.4 is 0 Å². The summed E-state index contributed by atoms with van der Waals surface area (Å²) in [4.78, 5) is 12.3. The van der Waals surface area contributed by atoms with Crippen LogP contribution >= 0.6 is 0 Å². The molecule has 0 unspecified atom stereocenters. The highest BCUT2D eigenvalue weighted by atomic mass is 16.5. The molecule has 18 heavy (non-hydrogen) atoms. The topological polar surface area (TPSA) is 26.3 Å². The third-order valence-corrected chi connectivity index (χ3v) is 3.56. The minimum absolute atomic E-state index is 0.296. The standard InChI is InChI=1S/C16H26O2/c1-3-4-5-6-7-8-11-15(17)16(14-18-2)12-9-10-13-16/h9-10,12-13H,3-8,11,14H2,1-2H3. The highest BCUT2D eigenvalue weighted by Gasteiger charge is 2.33. The summed E-state index contributed by atoms with van der Waals surface area (Å²) in [6, 6.07) is 0. The molecule has 102 valence electrons. The Kier molecular flexibility index (Phi) is 6.96. The van der Waals surface area contributed by atoms with Crippen LogP contribution in [0.5, 0.6) is 0 Å². The first-order chi connectivity index (χ1) is 8.75. The Hall–Kier alpha value is -0.890. The van der Waals surface area contributed by atoms with Crippen molar-refractivity contribution >= 4 is 5.78 Å². The average Bonchev–Trinajstić information content (AvgIpc) is 2.83. The number of allylic oxidation sites excluding steroid dienone is 2. The van der Waals surface area contributed by atoms with Crippen molar-refractivity contribution in [3.8, 4) is 0 Å². The second-order valence-electron chi connectivity index (χ2n) is 5.13. The van der Waals surface area contributed by atoms with Crippen LogP contribution in [-0.4, -0.2) is 19.5 Å². The highest BCUT2D eigenvalue weighted by molar-refractivity contribution is 5.89. The number of Topliss-reactive ketones (excluding diaryl/α,β-unsaturated/α-hetero) is 1. The third-order valence-electron chi connectivity index (χ3n) is 3.56. The van der Waals surface area contributed by atoms with Gasteiger partial charge >= 0.3 is 0 Å². The summed E-state index contributed by atoms with van der Waals surface area (Å²) in [6.45, 7) is 2.69. The number of carbonyl (C=O) groups excluding carboxylic acids is 1. The minimum Gasteiger partial charge on any atom is -0.383 e. The molecule has 1 aliphatic rings. The smallest absolute Gasteiger partial charge is 0.148 e. The second-order valence-corrected chi connectivity index (χ2v) is 5.13. The van der Waals surface area contributed by atoms with E-state index >= 15 is 0 Å². The molecular formula is C16H26O2. The van der Waals surface area contributed by atoms with Crippen molar-refractivity contribution in [3.05, 3.63) is 24.3 Å². The van der Waals surface area contributed by atoms with Crippen molar-refractivity contribution in [3.63, 3.8) is 0 Å². The van der Waals surface area contributed by atoms with E-state index in [0.717, 1.165) is 6.42 Å². The molecule has 0 aromatic heterocycles. The molecule has 0 spiro atoms. The van der Waals surface area contributed by atoms with Gasteiger partial charge in [0.05, 0.1) is 12.0 Å². The van der Waals surface area contributed by atoms with Gasteiger partial charge in [-0.25, -0.2) is 0 Å². The van der Waals surface area contributed by atoms with Crippen LogP contribution in [0, 0.1) is 5.41 Å². The van der Waals surface area contributed by atoms with Crippen LogP contribution in [0.3, 0.4) is 0 Å². The van der Waals surface area contributed by atoms with Crippen LogP contribution in [-0.2, 0) is 9.53 Å². The zero-order chi connectivity index (χ0) is 13.3. The lowest BCUT2D eigenvalue weighted by Crippen LogP contribution is -2.30. The number of carbonyl (C=O) groups is 1. The fraction of sp³-hybridized carbons (Fsp3) is 0.688. The summed E-state index contributed by atoms with van der Waals surface area (Å²) in [5, 5.41) is 0. The SMILES string of the molecule is CCCCCCCCC(=O)C1(COC)C=CC=C1. The first-order valence-electron chi connectivity index (χ1n) is 7.14. The zero-order valence-corrected chi connectivity index (χ0v) is 11.8. The first-order valence-corrected chi connectivity index (χ1v) is 7.14. The molecule has 0 bridgehead atoms. The molecule has 0 aromatic rings. The lowest BCUT2D eigenvalue weighted by Gasteiger charge is -2.22. The first kappa shape index (κ1) is 15.2. The molecule has 1 aliphatic carbocycles. The molecular weight excluding hydrogens is 224 g/mol. The molecule has 0 saturated heterocycles. The maximum Gasteiger partial charge on any atom is 0.148 e. The molecule has 0 amide bonds. The lowest BCUT2D eigenvalue weighted by molar-refractivity contribution is -0.126. The maximum absolute atomic E-state index is 12.3. The summed E-state index contributed by atoms with van der Waals surface area (Å²) >= 11 is 0. The number of ketones is 1. The monoisotopic (exact) mass is 250 g/mol. The van der Waals surface area contributed by atoms with Crippen molar-refractivity contribution in [1.82, 2.24) is 0 Å². The van der Waals surface area contributed by atoms with Gasteiger partial charge in [-0.15, -0.1) is 0 Å². The third kappa shape index (κ3) is 4.41. The van der Waals surface area contributed by atoms with Crippen LogP contribution in [0.15, 0.2) is 24.3 Å². The molecule has 0 fully saturated rings. The number of methoxy groups -OCH3 is 1. The molecule has 0 saturated carbocycles. The largest absolute Gasteiger partial charge is 0.383 e. The van der Waals surface area contributed by atoms with Crippen molar-refractivity contribution < 1.29 is 9.53 Å². The van der Waals surface area contributed by atoms with Gasteiger partial charge in [0.2, 0.25) is 0 Å². The van der Waals surface area contributed by atoms with Crippen LogP contribution in [0.1, 0.15) is 51.9 Å². The molecule has 1 rings (SSSR count). The van der Waals surface area contributed by atoms with Gasteiger partial charge in [0, 0.05) is 13.5 Å². The normalized spacial score (nSPS) is 16.3. The second kappa shape index (κ2) is 8.25. The molecule has 2 heteroatoms. The quantitative estimate of drug-likeness (QED) is 0.546. The summed E-state index contributed by atoms with van der Waals surface area (Å²) in [6.07, 6.45) is 15.8. The van der Waals surface area contributed by atoms with Crippen LogP contribution in [0.2, 0.25) is 0 Å². The van der Waals surface area contributed by atoms with E-state index < -0.39 is 5.41 Å². The van der Waals surface area contributed by atoms with E-state index in [0.29, 0.717) is 18.8 Å². The Morgan fingerprint density at radius 1 is 1.06 bits per heavy atom. The molecule has 0 heterocycles. The van der Waals surface area contributed by atoms with Gasteiger partial charge in [-0.1, -0.05) is 63.3 Å². The lowest BCUT2D eigenvalue weighted by atomic mass is 9.83. The van der Waals surface area contributed by atoms with E-state index in [4.69, 9.17) is 4.74 Å². The Bertz CT molecular complexity index is 290. The Balaban J connectivity index is 2.26. The maximum atomic E-state index is 12.3. The van der Waals surface area contributed by atoms with Gasteiger partial charge in [-0.3, -0.25) is 4.79 Å². The fourth-order valence-corrected chi connectivity index (χ4v) is 2.41. The average molecular weight is 250 g/mol. The van der Waals surface area contributed by atoms with E-state index in [1.807, 2.05) is 24.3 Å². The van der Waals surface area contributed by atoms with E-state index in [2.05, 4.69) is 6.92 Å². The number of hydrogen-bond donors (Lipinski definition) is 0. The molecule has 0 aromatic carbocycles. The van der Waals surface area contributed by atoms with Crippen LogP contribution in [0.25, 0.3) is 0 Å². The predicted octanol–water partition coefficient (Wildman–Crippen LogP) is 4.06. The van der Waals surface area contributed by atoms with Gasteiger partial charge in [0.25, 0.3) is 0 Å². The molecule has 0 N–H and O–H groups in total. The van der Waals surface area contributed by atoms with Crippen molar-refractivity contribution in [2.45, 2.75) is 51.9 Å². The summed E-state index contributed by atoms with van der Waals surface area (Å²) in [7, 11) is 1.65. The van der Waals surface area contributed by atoms with Gasteiger partial charge < -0.3 is 4.74 Å². The summed E-state index contributed by atoms with van der Waals surface area (Å²) in [5.74, 6) is 0.296. The van der Waals surface area contributed by atoms with Gasteiger partial charge in [-0.2, -0.15) is 0 Å². The van der Waals surface area contributed by atoms with Crippen molar-refractivity contribution in [2.24, 2.45) is 5.41 Å². The number of ether oxygens (including phenoxy) is 1. The molecule has 2 nitrogen and oxygen atoms in total. The fourth-order valence-electron chi connectivity index (χ4n) is 2.41. The van der Waals surface area contributed by atoms with E-state index in [1.165, 1.54) is 32.1 Å². The number of unbranched alkanes of at least 4 members (excludes halogenated alkanes) is 5. The number of rotatable bonds is 10. The van der Waals surface area contributed by atoms with Crippen molar-refractivity contribution in [1.29, 1.82) is 0 Å².